The smallest absolute Gasteiger partial charge is 0.0719 e. The highest BCUT2D eigenvalue weighted by Crippen LogP contribution is 2.28. The molecular weight excluding hydrogens is 224 g/mol. The van der Waals surface area contributed by atoms with Crippen LogP contribution in [0.4, 0.5) is 0 Å². The van der Waals surface area contributed by atoms with E-state index in [1.807, 2.05) is 12.1 Å². The lowest BCUT2D eigenvalue weighted by atomic mass is 9.96. The van der Waals surface area contributed by atoms with Crippen molar-refractivity contribution in [2.45, 2.75) is 13.2 Å². The Kier molecular flexibility index (Phi) is 4.51. The van der Waals surface area contributed by atoms with Crippen molar-refractivity contribution >= 4 is 0 Å². The lowest BCUT2D eigenvalue weighted by Crippen LogP contribution is -1.96. The van der Waals surface area contributed by atoms with Crippen molar-refractivity contribution in [3.05, 3.63) is 59.7 Å². The molecule has 0 N–H and O–H groups in total. The number of hydrogen-bond acceptors (Lipinski definition) is 2. The summed E-state index contributed by atoms with van der Waals surface area (Å²) in [5.74, 6) is 0. The zero-order chi connectivity index (χ0) is 12.8. The van der Waals surface area contributed by atoms with Crippen LogP contribution in [-0.2, 0) is 22.7 Å². The molecule has 18 heavy (non-hydrogen) atoms. The van der Waals surface area contributed by atoms with E-state index in [0.29, 0.717) is 13.2 Å². The Morgan fingerprint density at radius 3 is 1.44 bits per heavy atom. The van der Waals surface area contributed by atoms with Gasteiger partial charge in [-0.25, -0.2) is 0 Å². The van der Waals surface area contributed by atoms with Gasteiger partial charge in [0.1, 0.15) is 0 Å². The second-order valence-electron chi connectivity index (χ2n) is 4.18. The quantitative estimate of drug-likeness (QED) is 0.796. The molecule has 0 saturated heterocycles. The van der Waals surface area contributed by atoms with E-state index < -0.39 is 0 Å². The first kappa shape index (κ1) is 12.8. The van der Waals surface area contributed by atoms with Crippen molar-refractivity contribution < 1.29 is 9.47 Å². The summed E-state index contributed by atoms with van der Waals surface area (Å²) in [5.41, 5.74) is 4.83. The normalized spacial score (nSPS) is 10.6. The molecule has 0 aromatic heterocycles. The zero-order valence-corrected chi connectivity index (χ0v) is 10.8. The average molecular weight is 242 g/mol. The van der Waals surface area contributed by atoms with E-state index in [4.69, 9.17) is 9.47 Å². The maximum absolute atomic E-state index is 5.26. The van der Waals surface area contributed by atoms with Crippen molar-refractivity contribution in [1.29, 1.82) is 0 Å². The highest BCUT2D eigenvalue weighted by Gasteiger charge is 2.08. The van der Waals surface area contributed by atoms with Crippen LogP contribution in [-0.4, -0.2) is 14.2 Å². The summed E-state index contributed by atoms with van der Waals surface area (Å²) >= 11 is 0. The van der Waals surface area contributed by atoms with Gasteiger partial charge in [-0.3, -0.25) is 0 Å². The Morgan fingerprint density at radius 1 is 0.667 bits per heavy atom. The number of hydrogen-bond donors (Lipinski definition) is 0. The second kappa shape index (κ2) is 6.34. The first-order chi connectivity index (χ1) is 8.86. The Balaban J connectivity index is 2.47. The largest absolute Gasteiger partial charge is 0.380 e. The predicted molar refractivity (Wildman–Crippen MR) is 73.3 cm³/mol. The Bertz CT molecular complexity index is 458. The van der Waals surface area contributed by atoms with E-state index in [1.54, 1.807) is 14.2 Å². The molecule has 0 aliphatic heterocycles. The molecule has 2 heteroatoms. The maximum Gasteiger partial charge on any atom is 0.0719 e. The monoisotopic (exact) mass is 242 g/mol. The van der Waals surface area contributed by atoms with Gasteiger partial charge in [0.05, 0.1) is 13.2 Å². The molecular formula is C16H18O2. The number of methoxy groups -OCH3 is 2. The van der Waals surface area contributed by atoms with Gasteiger partial charge in [0.2, 0.25) is 0 Å². The minimum absolute atomic E-state index is 0.623. The summed E-state index contributed by atoms with van der Waals surface area (Å²) in [6.45, 7) is 1.25. The van der Waals surface area contributed by atoms with Crippen LogP contribution in [0.15, 0.2) is 48.5 Å². The molecule has 0 radical (unpaired) electrons. The molecule has 0 bridgehead atoms. The van der Waals surface area contributed by atoms with E-state index in [1.165, 1.54) is 22.3 Å². The maximum atomic E-state index is 5.26. The third kappa shape index (κ3) is 2.78. The van der Waals surface area contributed by atoms with Crippen LogP contribution in [0.5, 0.6) is 0 Å². The molecule has 0 aliphatic carbocycles. The van der Waals surface area contributed by atoms with Crippen LogP contribution in [0.25, 0.3) is 11.1 Å². The molecule has 0 heterocycles. The van der Waals surface area contributed by atoms with Crippen molar-refractivity contribution in [3.63, 3.8) is 0 Å². The molecule has 94 valence electrons. The molecule has 0 fully saturated rings. The van der Waals surface area contributed by atoms with E-state index in [2.05, 4.69) is 36.4 Å². The van der Waals surface area contributed by atoms with Crippen LogP contribution in [0.3, 0.4) is 0 Å². The van der Waals surface area contributed by atoms with Crippen molar-refractivity contribution in [2.24, 2.45) is 0 Å². The first-order valence-corrected chi connectivity index (χ1v) is 6.01. The molecule has 2 rings (SSSR count). The Hall–Kier alpha value is -1.64. The minimum atomic E-state index is 0.623. The second-order valence-corrected chi connectivity index (χ2v) is 4.18. The van der Waals surface area contributed by atoms with E-state index in [0.717, 1.165) is 0 Å². The Morgan fingerprint density at radius 2 is 1.06 bits per heavy atom. The van der Waals surface area contributed by atoms with Crippen LogP contribution in [0.2, 0.25) is 0 Å². The zero-order valence-electron chi connectivity index (χ0n) is 10.8. The van der Waals surface area contributed by atoms with Crippen LogP contribution < -0.4 is 0 Å². The molecule has 0 aliphatic rings. The lowest BCUT2D eigenvalue weighted by Gasteiger charge is -2.13. The van der Waals surface area contributed by atoms with E-state index in [-0.39, 0.29) is 0 Å². The lowest BCUT2D eigenvalue weighted by molar-refractivity contribution is 0.184. The van der Waals surface area contributed by atoms with Gasteiger partial charge in [0, 0.05) is 14.2 Å². The summed E-state index contributed by atoms with van der Waals surface area (Å²) in [5, 5.41) is 0. The van der Waals surface area contributed by atoms with Gasteiger partial charge in [0.25, 0.3) is 0 Å². The first-order valence-electron chi connectivity index (χ1n) is 6.01. The van der Waals surface area contributed by atoms with Crippen molar-refractivity contribution in [2.75, 3.05) is 14.2 Å². The SMILES string of the molecule is COCc1ccccc1-c1ccccc1COC. The summed E-state index contributed by atoms with van der Waals surface area (Å²) in [6.07, 6.45) is 0. The van der Waals surface area contributed by atoms with E-state index in [9.17, 15) is 0 Å². The van der Waals surface area contributed by atoms with Crippen LogP contribution >= 0.6 is 0 Å². The highest BCUT2D eigenvalue weighted by atomic mass is 16.5. The van der Waals surface area contributed by atoms with Crippen molar-refractivity contribution in [1.82, 2.24) is 0 Å². The Labute approximate surface area is 108 Å². The summed E-state index contributed by atoms with van der Waals surface area (Å²) < 4.78 is 10.5. The van der Waals surface area contributed by atoms with E-state index >= 15 is 0 Å². The third-order valence-corrected chi connectivity index (χ3v) is 2.92. The fraction of sp³-hybridized carbons (Fsp3) is 0.250. The van der Waals surface area contributed by atoms with Gasteiger partial charge in [-0.05, 0) is 22.3 Å². The molecule has 0 atom stereocenters. The molecule has 2 aromatic rings. The van der Waals surface area contributed by atoms with Gasteiger partial charge in [-0.15, -0.1) is 0 Å². The number of ether oxygens (including phenoxy) is 2. The fourth-order valence-corrected chi connectivity index (χ4v) is 2.13. The molecule has 0 spiro atoms. The minimum Gasteiger partial charge on any atom is -0.380 e. The topological polar surface area (TPSA) is 18.5 Å². The average Bonchev–Trinajstić information content (AvgIpc) is 2.41. The predicted octanol–water partition coefficient (Wildman–Crippen LogP) is 3.65. The van der Waals surface area contributed by atoms with Gasteiger partial charge in [-0.2, -0.15) is 0 Å². The third-order valence-electron chi connectivity index (χ3n) is 2.92. The van der Waals surface area contributed by atoms with Gasteiger partial charge in [-0.1, -0.05) is 48.5 Å². The van der Waals surface area contributed by atoms with Crippen LogP contribution in [0.1, 0.15) is 11.1 Å². The van der Waals surface area contributed by atoms with Gasteiger partial charge < -0.3 is 9.47 Å². The van der Waals surface area contributed by atoms with Gasteiger partial charge >= 0.3 is 0 Å². The molecule has 2 nitrogen and oxygen atoms in total. The summed E-state index contributed by atoms with van der Waals surface area (Å²) in [7, 11) is 3.44. The van der Waals surface area contributed by atoms with Gasteiger partial charge in [0.15, 0.2) is 0 Å². The molecule has 0 unspecified atom stereocenters. The number of rotatable bonds is 5. The fourth-order valence-electron chi connectivity index (χ4n) is 2.13. The standard InChI is InChI=1S/C16H18O2/c1-17-11-13-7-3-5-9-15(13)16-10-6-4-8-14(16)12-18-2/h3-10H,11-12H2,1-2H3. The van der Waals surface area contributed by atoms with Crippen LogP contribution in [0, 0.1) is 0 Å². The molecule has 0 saturated carbocycles. The molecule has 0 amide bonds. The number of benzene rings is 2. The highest BCUT2D eigenvalue weighted by molar-refractivity contribution is 5.70. The van der Waals surface area contributed by atoms with Crippen molar-refractivity contribution in [3.8, 4) is 11.1 Å². The summed E-state index contributed by atoms with van der Waals surface area (Å²) in [6, 6.07) is 16.6. The molecule has 2 aromatic carbocycles. The summed E-state index contributed by atoms with van der Waals surface area (Å²) in [4.78, 5) is 0.